The van der Waals surface area contributed by atoms with E-state index in [9.17, 15) is 39.0 Å². The van der Waals surface area contributed by atoms with E-state index in [2.05, 4.69) is 29.8 Å². The van der Waals surface area contributed by atoms with Crippen molar-refractivity contribution in [3.8, 4) is 5.75 Å². The molecule has 52 heavy (non-hydrogen) atoms. The highest BCUT2D eigenvalue weighted by atomic mass is 16.6. The summed E-state index contributed by atoms with van der Waals surface area (Å²) < 4.78 is 10.9. The SMILES string of the molecule is CCC(C)CCCCCCCCC(=O)N[C@@H](CCC(N)=O)C(=O)N[C@H]1CC(=O)O[C@@H]1[C@H](O)C(=O)N[C@@H](CC(C)C)[C@@H]1Cc2cccc(O)c2C(=O)O1. The fourth-order valence-corrected chi connectivity index (χ4v) is 6.69. The van der Waals surface area contributed by atoms with Crippen molar-refractivity contribution in [3.05, 3.63) is 29.3 Å². The molecule has 14 heteroatoms. The van der Waals surface area contributed by atoms with Crippen LogP contribution in [0.25, 0.3) is 0 Å². The fraction of sp³-hybridized carbons (Fsp3) is 0.684. The number of nitrogens with one attached hydrogen (secondary N) is 3. The number of esters is 2. The van der Waals surface area contributed by atoms with E-state index in [-0.39, 0.29) is 55.2 Å². The Balaban J connectivity index is 1.59. The van der Waals surface area contributed by atoms with Crippen LogP contribution in [0.2, 0.25) is 0 Å². The van der Waals surface area contributed by atoms with Gasteiger partial charge in [-0.3, -0.25) is 24.0 Å². The maximum Gasteiger partial charge on any atom is 0.342 e. The van der Waals surface area contributed by atoms with Crippen LogP contribution < -0.4 is 21.7 Å². The van der Waals surface area contributed by atoms with Gasteiger partial charge in [0.05, 0.1) is 18.5 Å². The number of amides is 4. The number of aliphatic hydroxyl groups excluding tert-OH is 1. The molecule has 0 aromatic heterocycles. The van der Waals surface area contributed by atoms with Crippen molar-refractivity contribution in [2.24, 2.45) is 17.6 Å². The summed E-state index contributed by atoms with van der Waals surface area (Å²) >= 11 is 0. The second-order valence-electron chi connectivity index (χ2n) is 14.7. The summed E-state index contributed by atoms with van der Waals surface area (Å²) in [6.07, 6.45) is 4.37. The van der Waals surface area contributed by atoms with E-state index >= 15 is 0 Å². The van der Waals surface area contributed by atoms with E-state index in [1.165, 1.54) is 25.3 Å². The Morgan fingerprint density at radius 2 is 1.60 bits per heavy atom. The average molecular weight is 731 g/mol. The second kappa shape index (κ2) is 20.7. The van der Waals surface area contributed by atoms with Crippen molar-refractivity contribution in [1.82, 2.24) is 16.0 Å². The Morgan fingerprint density at radius 3 is 2.27 bits per heavy atom. The van der Waals surface area contributed by atoms with Crippen LogP contribution in [-0.4, -0.2) is 82.2 Å². The van der Waals surface area contributed by atoms with Gasteiger partial charge in [0.15, 0.2) is 12.2 Å². The number of primary amides is 1. The minimum absolute atomic E-state index is 0.0416. The molecule has 0 bridgehead atoms. The van der Waals surface area contributed by atoms with Crippen LogP contribution >= 0.6 is 0 Å². The van der Waals surface area contributed by atoms with Gasteiger partial charge >= 0.3 is 11.9 Å². The van der Waals surface area contributed by atoms with Gasteiger partial charge in [0.25, 0.3) is 5.91 Å². The predicted molar refractivity (Wildman–Crippen MR) is 192 cm³/mol. The molecule has 0 saturated carbocycles. The Kier molecular flexibility index (Phi) is 16.8. The monoisotopic (exact) mass is 730 g/mol. The number of rotatable bonds is 22. The maximum absolute atomic E-state index is 13.4. The molecule has 14 nitrogen and oxygen atoms in total. The molecule has 2 aliphatic rings. The fourth-order valence-electron chi connectivity index (χ4n) is 6.69. The number of carbonyl (C=O) groups is 6. The largest absolute Gasteiger partial charge is 0.507 e. The van der Waals surface area contributed by atoms with Crippen LogP contribution in [-0.2, 0) is 39.9 Å². The van der Waals surface area contributed by atoms with Crippen molar-refractivity contribution in [1.29, 1.82) is 0 Å². The zero-order valence-electron chi connectivity index (χ0n) is 31.0. The van der Waals surface area contributed by atoms with Gasteiger partial charge in [-0.1, -0.05) is 84.8 Å². The number of cyclic esters (lactones) is 2. The van der Waals surface area contributed by atoms with Crippen LogP contribution in [0.3, 0.4) is 0 Å². The van der Waals surface area contributed by atoms with E-state index in [0.29, 0.717) is 18.4 Å². The summed E-state index contributed by atoms with van der Waals surface area (Å²) in [5.41, 5.74) is 5.94. The molecule has 1 aromatic rings. The number of hydrogen-bond donors (Lipinski definition) is 6. The first-order valence-electron chi connectivity index (χ1n) is 18.8. The highest BCUT2D eigenvalue weighted by molar-refractivity contribution is 5.95. The van der Waals surface area contributed by atoms with Crippen LogP contribution in [0.5, 0.6) is 5.75 Å². The van der Waals surface area contributed by atoms with Crippen molar-refractivity contribution < 1.29 is 48.5 Å². The smallest absolute Gasteiger partial charge is 0.342 e. The van der Waals surface area contributed by atoms with Crippen molar-refractivity contribution in [2.45, 2.75) is 154 Å². The molecule has 1 aromatic carbocycles. The number of nitrogens with two attached hydrogens (primary N) is 1. The molecule has 0 radical (unpaired) electrons. The first kappa shape index (κ1) is 42.2. The molecule has 3 rings (SSSR count). The lowest BCUT2D eigenvalue weighted by molar-refractivity contribution is -0.151. The van der Waals surface area contributed by atoms with Gasteiger partial charge in [0.1, 0.15) is 23.5 Å². The number of phenolic OH excluding ortho intramolecular Hbond substituents is 1. The van der Waals surface area contributed by atoms with Gasteiger partial charge < -0.3 is 41.4 Å². The Labute approximate surface area is 306 Å². The molecule has 1 unspecified atom stereocenters. The molecule has 1 fully saturated rings. The minimum atomic E-state index is -1.91. The summed E-state index contributed by atoms with van der Waals surface area (Å²) in [5, 5.41) is 29.3. The number of carbonyl (C=O) groups excluding carboxylic acids is 6. The summed E-state index contributed by atoms with van der Waals surface area (Å²) in [6, 6.07) is 1.66. The standard InChI is InChI=1S/C38H58N4O10/c1-5-23(4)13-10-8-6-7-9-11-16-31(45)40-25(17-18-30(39)44)36(48)42-27-21-32(46)52-35(27)34(47)37(49)41-26(19-22(2)3)29-20-24-14-12-15-28(43)33(24)38(50)51-29/h12,14-15,22-23,25-27,29,34-35,43,47H,5-11,13,16-21H2,1-4H3,(H2,39,44)(H,40,45)(H,41,49)(H,42,48)/t23?,25-,26-,27-,29-,34-,35-/m0/s1. The summed E-state index contributed by atoms with van der Waals surface area (Å²) in [5.74, 6) is -3.57. The molecular weight excluding hydrogens is 672 g/mol. The molecule has 2 aliphatic heterocycles. The van der Waals surface area contributed by atoms with Gasteiger partial charge in [-0.15, -0.1) is 0 Å². The van der Waals surface area contributed by atoms with Gasteiger partial charge in [-0.05, 0) is 42.7 Å². The Morgan fingerprint density at radius 1 is 0.904 bits per heavy atom. The molecule has 2 heterocycles. The van der Waals surface area contributed by atoms with Gasteiger partial charge in [-0.2, -0.15) is 0 Å². The number of aliphatic hydroxyl groups is 1. The molecule has 0 aliphatic carbocycles. The third kappa shape index (κ3) is 13.1. The number of aromatic hydroxyl groups is 1. The zero-order valence-corrected chi connectivity index (χ0v) is 31.0. The first-order chi connectivity index (χ1) is 24.7. The van der Waals surface area contributed by atoms with Crippen LogP contribution in [0.15, 0.2) is 18.2 Å². The van der Waals surface area contributed by atoms with E-state index in [0.717, 1.165) is 31.6 Å². The number of hydrogen-bond acceptors (Lipinski definition) is 10. The summed E-state index contributed by atoms with van der Waals surface area (Å²) in [6.45, 7) is 8.28. The Bertz CT molecular complexity index is 1400. The normalized spacial score (nSPS) is 20.5. The van der Waals surface area contributed by atoms with Crippen molar-refractivity contribution >= 4 is 35.6 Å². The Hall–Kier alpha value is -4.20. The number of unbranched alkanes of at least 4 members (excludes halogenated alkanes) is 5. The van der Waals surface area contributed by atoms with Gasteiger partial charge in [0.2, 0.25) is 17.7 Å². The van der Waals surface area contributed by atoms with Crippen LogP contribution in [0.1, 0.15) is 127 Å². The third-order valence-electron chi connectivity index (χ3n) is 9.85. The minimum Gasteiger partial charge on any atom is -0.507 e. The lowest BCUT2D eigenvalue weighted by Gasteiger charge is -2.34. The van der Waals surface area contributed by atoms with E-state index in [4.69, 9.17) is 15.2 Å². The molecular formula is C38H58N4O10. The zero-order chi connectivity index (χ0) is 38.4. The van der Waals surface area contributed by atoms with E-state index in [1.807, 2.05) is 13.8 Å². The first-order valence-corrected chi connectivity index (χ1v) is 18.8. The van der Waals surface area contributed by atoms with E-state index < -0.39 is 66.1 Å². The summed E-state index contributed by atoms with van der Waals surface area (Å²) in [4.78, 5) is 76.3. The number of benzene rings is 1. The van der Waals surface area contributed by atoms with Crippen molar-refractivity contribution in [2.75, 3.05) is 0 Å². The lowest BCUT2D eigenvalue weighted by atomic mass is 9.90. The molecule has 290 valence electrons. The van der Waals surface area contributed by atoms with Crippen LogP contribution in [0.4, 0.5) is 0 Å². The lowest BCUT2D eigenvalue weighted by Crippen LogP contribution is -2.57. The molecule has 7 atom stereocenters. The second-order valence-corrected chi connectivity index (χ2v) is 14.7. The summed E-state index contributed by atoms with van der Waals surface area (Å²) in [7, 11) is 0. The van der Waals surface area contributed by atoms with Gasteiger partial charge in [-0.25, -0.2) is 4.79 Å². The topological polar surface area (TPSA) is 223 Å². The van der Waals surface area contributed by atoms with Crippen molar-refractivity contribution in [3.63, 3.8) is 0 Å². The predicted octanol–water partition coefficient (Wildman–Crippen LogP) is 3.08. The highest BCUT2D eigenvalue weighted by Gasteiger charge is 2.45. The number of ether oxygens (including phenoxy) is 2. The van der Waals surface area contributed by atoms with Crippen LogP contribution in [0, 0.1) is 11.8 Å². The third-order valence-corrected chi connectivity index (χ3v) is 9.85. The quantitative estimate of drug-likeness (QED) is 0.0756. The molecule has 1 saturated heterocycles. The molecule has 4 amide bonds. The molecule has 7 N–H and O–H groups in total. The number of phenols is 1. The van der Waals surface area contributed by atoms with Gasteiger partial charge in [0, 0.05) is 19.3 Å². The maximum atomic E-state index is 13.4. The number of fused-ring (bicyclic) bond motifs is 1. The average Bonchev–Trinajstić information content (AvgIpc) is 3.45. The molecule has 0 spiro atoms. The highest BCUT2D eigenvalue weighted by Crippen LogP contribution is 2.30. The van der Waals surface area contributed by atoms with E-state index in [1.54, 1.807) is 12.1 Å².